The van der Waals surface area contributed by atoms with Gasteiger partial charge in [0.1, 0.15) is 13.2 Å². The molecule has 0 bridgehead atoms. The molecule has 0 saturated carbocycles. The van der Waals surface area contributed by atoms with Crippen LogP contribution in [0.4, 0.5) is 0 Å². The summed E-state index contributed by atoms with van der Waals surface area (Å²) in [5.41, 5.74) is 0. The summed E-state index contributed by atoms with van der Waals surface area (Å²) in [4.78, 5) is 38.3. The van der Waals surface area contributed by atoms with Crippen LogP contribution in [0.3, 0.4) is 0 Å². The summed E-state index contributed by atoms with van der Waals surface area (Å²) in [5.74, 6) is -0.853. The highest BCUT2D eigenvalue weighted by molar-refractivity contribution is 5.71. The number of hydrogen-bond donors (Lipinski definition) is 0. The summed E-state index contributed by atoms with van der Waals surface area (Å²) >= 11 is 0. The van der Waals surface area contributed by atoms with Crippen molar-refractivity contribution in [3.63, 3.8) is 0 Å². The third kappa shape index (κ3) is 62.4. The quantitative estimate of drug-likeness (QED) is 0.0261. The lowest BCUT2D eigenvalue weighted by atomic mass is 10.0. The van der Waals surface area contributed by atoms with Crippen molar-refractivity contribution in [3.05, 3.63) is 36.5 Å². The molecule has 0 aliphatic carbocycles. The number of hydrogen-bond acceptors (Lipinski definition) is 6. The second-order valence-electron chi connectivity index (χ2n) is 22.7. The van der Waals surface area contributed by atoms with E-state index in [0.717, 1.165) is 70.6 Å². The maximum atomic E-state index is 12.9. The van der Waals surface area contributed by atoms with Crippen LogP contribution in [0.2, 0.25) is 0 Å². The maximum Gasteiger partial charge on any atom is 0.306 e. The van der Waals surface area contributed by atoms with Crippen LogP contribution < -0.4 is 0 Å². The highest BCUT2D eigenvalue weighted by Gasteiger charge is 2.19. The molecule has 0 fully saturated rings. The van der Waals surface area contributed by atoms with Crippen molar-refractivity contribution in [1.29, 1.82) is 0 Å². The van der Waals surface area contributed by atoms with Crippen molar-refractivity contribution in [2.24, 2.45) is 0 Å². The van der Waals surface area contributed by atoms with Crippen LogP contribution in [-0.4, -0.2) is 37.2 Å². The Morgan fingerprint density at radius 3 is 0.747 bits per heavy atom. The summed E-state index contributed by atoms with van der Waals surface area (Å²) in [6, 6.07) is 0. The molecule has 0 aliphatic rings. The second-order valence-corrected chi connectivity index (χ2v) is 22.7. The number of rotatable bonds is 62. The molecule has 440 valence electrons. The Kier molecular flexibility index (Phi) is 62.1. The Labute approximate surface area is 467 Å². The van der Waals surface area contributed by atoms with Gasteiger partial charge in [0.2, 0.25) is 0 Å². The Bertz CT molecular complexity index is 1250. The molecule has 1 atom stereocenters. The highest BCUT2D eigenvalue weighted by Crippen LogP contribution is 2.18. The molecule has 0 aromatic carbocycles. The lowest BCUT2D eigenvalue weighted by Gasteiger charge is -2.18. The fourth-order valence-electron chi connectivity index (χ4n) is 10.1. The number of allylic oxidation sites excluding steroid dienone is 6. The molecule has 1 unspecified atom stereocenters. The fourth-order valence-corrected chi connectivity index (χ4v) is 10.1. The zero-order valence-corrected chi connectivity index (χ0v) is 50.6. The van der Waals surface area contributed by atoms with Gasteiger partial charge in [-0.25, -0.2) is 0 Å². The average Bonchev–Trinajstić information content (AvgIpc) is 3.41. The molecule has 0 aromatic rings. The zero-order chi connectivity index (χ0) is 54.3. The summed E-state index contributed by atoms with van der Waals surface area (Å²) < 4.78 is 17.0. The fraction of sp³-hybridized carbons (Fsp3) is 0.870. The third-order valence-corrected chi connectivity index (χ3v) is 15.1. The van der Waals surface area contributed by atoms with E-state index in [1.807, 2.05) is 0 Å². The van der Waals surface area contributed by atoms with Crippen molar-refractivity contribution in [2.45, 2.75) is 374 Å². The molecule has 0 radical (unpaired) electrons. The largest absolute Gasteiger partial charge is 0.462 e. The van der Waals surface area contributed by atoms with Crippen LogP contribution in [0.5, 0.6) is 0 Å². The molecule has 0 amide bonds. The van der Waals surface area contributed by atoms with E-state index < -0.39 is 6.10 Å². The van der Waals surface area contributed by atoms with Crippen LogP contribution in [0.15, 0.2) is 36.5 Å². The normalized spacial score (nSPS) is 12.2. The van der Waals surface area contributed by atoms with Crippen LogP contribution in [0.25, 0.3) is 0 Å². The summed E-state index contributed by atoms with van der Waals surface area (Å²) in [5, 5.41) is 0. The molecule has 6 heteroatoms. The molecule has 6 nitrogen and oxygen atoms in total. The van der Waals surface area contributed by atoms with E-state index in [1.165, 1.54) is 257 Å². The minimum absolute atomic E-state index is 0.0704. The molecule has 0 N–H and O–H groups in total. The summed E-state index contributed by atoms with van der Waals surface area (Å²) in [7, 11) is 0. The lowest BCUT2D eigenvalue weighted by Crippen LogP contribution is -2.30. The van der Waals surface area contributed by atoms with Gasteiger partial charge in [0, 0.05) is 19.3 Å². The van der Waals surface area contributed by atoms with Gasteiger partial charge in [0.25, 0.3) is 0 Å². The topological polar surface area (TPSA) is 78.9 Å². The zero-order valence-electron chi connectivity index (χ0n) is 50.6. The second kappa shape index (κ2) is 64.2. The van der Waals surface area contributed by atoms with Gasteiger partial charge in [-0.2, -0.15) is 0 Å². The Balaban J connectivity index is 4.26. The van der Waals surface area contributed by atoms with E-state index in [2.05, 4.69) is 57.2 Å². The molecule has 0 heterocycles. The first kappa shape index (κ1) is 72.6. The molecule has 0 rings (SSSR count). The van der Waals surface area contributed by atoms with Crippen LogP contribution in [-0.2, 0) is 28.6 Å². The van der Waals surface area contributed by atoms with Crippen molar-refractivity contribution in [2.75, 3.05) is 13.2 Å². The van der Waals surface area contributed by atoms with E-state index in [1.54, 1.807) is 0 Å². The standard InChI is InChI=1S/C69H128O6/c1-4-7-10-13-16-19-22-25-28-30-32-33-34-35-36-37-38-40-41-44-47-50-53-56-59-62-68(71)74-65-66(64-73-67(70)61-58-55-52-49-46-43-27-24-21-18-15-12-9-6-3)75-69(72)63-60-57-54-51-48-45-42-39-31-29-26-23-20-17-14-11-8-5-2/h22,24-25,27,30,32,66H,4-21,23,26,28-29,31,33-65H2,1-3H3/b25-22-,27-24-,32-30-. The number of esters is 3. The summed E-state index contributed by atoms with van der Waals surface area (Å²) in [6.45, 7) is 6.68. The van der Waals surface area contributed by atoms with Crippen molar-refractivity contribution in [3.8, 4) is 0 Å². The van der Waals surface area contributed by atoms with E-state index in [0.29, 0.717) is 19.3 Å². The van der Waals surface area contributed by atoms with Crippen LogP contribution >= 0.6 is 0 Å². The van der Waals surface area contributed by atoms with E-state index >= 15 is 0 Å². The first-order valence-corrected chi connectivity index (χ1v) is 33.5. The molecular weight excluding hydrogens is 925 g/mol. The lowest BCUT2D eigenvalue weighted by molar-refractivity contribution is -0.167. The first-order valence-electron chi connectivity index (χ1n) is 33.5. The van der Waals surface area contributed by atoms with Gasteiger partial charge in [-0.3, -0.25) is 14.4 Å². The van der Waals surface area contributed by atoms with E-state index in [-0.39, 0.29) is 31.1 Å². The third-order valence-electron chi connectivity index (χ3n) is 15.1. The van der Waals surface area contributed by atoms with Gasteiger partial charge >= 0.3 is 17.9 Å². The van der Waals surface area contributed by atoms with Crippen molar-refractivity contribution < 1.29 is 28.6 Å². The SMILES string of the molecule is CCCCCCC/C=C\C/C=C\CCCCCCCCCCCCCCCC(=O)OCC(COC(=O)CCCCCCC/C=C\CCCCCCC)OC(=O)CCCCCCCCCCCCCCCCCCCC. The first-order chi connectivity index (χ1) is 37.0. The number of carbonyl (C=O) groups excluding carboxylic acids is 3. The summed E-state index contributed by atoms with van der Waals surface area (Å²) in [6.07, 6.45) is 78.7. The molecule has 75 heavy (non-hydrogen) atoms. The van der Waals surface area contributed by atoms with Gasteiger partial charge in [-0.15, -0.1) is 0 Å². The molecule has 0 saturated heterocycles. The van der Waals surface area contributed by atoms with Crippen LogP contribution in [0, 0.1) is 0 Å². The Morgan fingerprint density at radius 2 is 0.480 bits per heavy atom. The maximum absolute atomic E-state index is 12.9. The number of unbranched alkanes of at least 4 members (excludes halogenated alkanes) is 45. The smallest absolute Gasteiger partial charge is 0.306 e. The van der Waals surface area contributed by atoms with Crippen molar-refractivity contribution >= 4 is 17.9 Å². The van der Waals surface area contributed by atoms with Crippen LogP contribution in [0.1, 0.15) is 367 Å². The molecular formula is C69H128O6. The monoisotopic (exact) mass is 1050 g/mol. The molecule has 0 aliphatic heterocycles. The predicted octanol–water partition coefficient (Wildman–Crippen LogP) is 22.8. The van der Waals surface area contributed by atoms with Gasteiger partial charge in [0.15, 0.2) is 6.10 Å². The number of ether oxygens (including phenoxy) is 3. The van der Waals surface area contributed by atoms with Crippen molar-refractivity contribution in [1.82, 2.24) is 0 Å². The van der Waals surface area contributed by atoms with Gasteiger partial charge in [-0.05, 0) is 77.0 Å². The Hall–Kier alpha value is -2.37. The van der Waals surface area contributed by atoms with Gasteiger partial charge in [-0.1, -0.05) is 308 Å². The Morgan fingerprint density at radius 1 is 0.267 bits per heavy atom. The predicted molar refractivity (Wildman–Crippen MR) is 326 cm³/mol. The minimum Gasteiger partial charge on any atom is -0.462 e. The number of carbonyl (C=O) groups is 3. The van der Waals surface area contributed by atoms with Gasteiger partial charge in [0.05, 0.1) is 0 Å². The van der Waals surface area contributed by atoms with E-state index in [4.69, 9.17) is 14.2 Å². The molecule has 0 aromatic heterocycles. The average molecular weight is 1050 g/mol. The van der Waals surface area contributed by atoms with Gasteiger partial charge < -0.3 is 14.2 Å². The minimum atomic E-state index is -0.773. The molecule has 0 spiro atoms. The highest BCUT2D eigenvalue weighted by atomic mass is 16.6. The van der Waals surface area contributed by atoms with E-state index in [9.17, 15) is 14.4 Å².